The van der Waals surface area contributed by atoms with Gasteiger partial charge in [0, 0.05) is 0 Å². The summed E-state index contributed by atoms with van der Waals surface area (Å²) >= 11 is -45.7. The molecular formula is H4F22O4Te4U. The third-order valence-electron chi connectivity index (χ3n) is 0. The van der Waals surface area contributed by atoms with Gasteiger partial charge < -0.3 is 0 Å². The van der Waals surface area contributed by atoms with E-state index in [9.17, 15) is 62.0 Å². The quantitative estimate of drug-likeness (QED) is 0.191. The summed E-state index contributed by atoms with van der Waals surface area (Å²) in [4.78, 5) is 0. The van der Waals surface area contributed by atoms with Crippen molar-refractivity contribution in [1.82, 2.24) is 0 Å². The van der Waals surface area contributed by atoms with Crippen LogP contribution in [0.1, 0.15) is 0 Å². The van der Waals surface area contributed by atoms with Crippen LogP contribution < -0.4 is 0 Å². The SMILES string of the molecule is O[Te](F)(F)(F)(F)F.O[Te](F)(F)(F)(F)F.O[Te](F)(F)(F)(F)F.O[Te](F)(F)(F)(F)F.[F][U][F]. The van der Waals surface area contributed by atoms with E-state index in [1.54, 1.807) is 0 Å². The van der Waals surface area contributed by atoms with Crippen LogP contribution in [0, 0.1) is 29.1 Å². The van der Waals surface area contributed by atoms with E-state index in [1.807, 2.05) is 0 Å². The summed E-state index contributed by atoms with van der Waals surface area (Å²) in [6, 6.07) is 0. The Hall–Kier alpha value is 2.51. The van der Waals surface area contributed by atoms with Crippen molar-refractivity contribution < 1.29 is 105 Å². The van der Waals surface area contributed by atoms with Crippen LogP contribution in [0.2, 0.25) is 0 Å². The van der Waals surface area contributed by atoms with E-state index in [1.165, 1.54) is 0 Å². The zero-order chi connectivity index (χ0) is 28.3. The van der Waals surface area contributed by atoms with E-state index in [2.05, 4.69) is 0 Å². The van der Waals surface area contributed by atoms with Crippen molar-refractivity contribution in [2.45, 2.75) is 0 Å². The van der Waals surface area contributed by atoms with E-state index in [0.717, 1.165) is 0 Å². The molecule has 0 heterocycles. The number of hydrogen-bond donors (Lipinski definition) is 4. The van der Waals surface area contributed by atoms with E-state index < -0.39 is 104 Å². The zero-order valence-electron chi connectivity index (χ0n) is 12.2. The first-order chi connectivity index (χ1) is 11.2. The topological polar surface area (TPSA) is 80.9 Å². The molecule has 0 aliphatic carbocycles. The Balaban J connectivity index is -0.0000000929. The van der Waals surface area contributed by atoms with Gasteiger partial charge in [0.15, 0.2) is 0 Å². The Labute approximate surface area is 177 Å². The van der Waals surface area contributed by atoms with Gasteiger partial charge >= 0.3 is 180 Å². The second-order valence-electron chi connectivity index (χ2n) is 3.78. The molecule has 4 N–H and O–H groups in total. The first-order valence-corrected chi connectivity index (χ1v) is 29.1. The van der Waals surface area contributed by atoms with E-state index in [0.29, 0.717) is 0 Å². The summed E-state index contributed by atoms with van der Waals surface area (Å²) in [6.07, 6.45) is 0. The molecule has 0 spiro atoms. The van der Waals surface area contributed by atoms with E-state index in [-0.39, 0.29) is 0 Å². The second kappa shape index (κ2) is 8.00. The Kier molecular flexibility index (Phi) is 11.2. The Morgan fingerprint density at radius 1 is 0.290 bits per heavy atom. The average molecular weight is 1230 g/mol. The molecule has 31 heavy (non-hydrogen) atoms. The van der Waals surface area contributed by atoms with Gasteiger partial charge in [-0.15, -0.1) is 0 Å². The molecule has 0 aliphatic heterocycles. The minimum absolute atomic E-state index is 3.01. The molecule has 0 aromatic heterocycles. The molecule has 0 amide bonds. The zero-order valence-corrected chi connectivity index (χ0v) is 25.7. The van der Waals surface area contributed by atoms with Crippen LogP contribution >= 0.6 is 0 Å². The van der Waals surface area contributed by atoms with Gasteiger partial charge in [0.05, 0.1) is 0 Å². The molecule has 210 valence electrons. The Morgan fingerprint density at radius 2 is 0.290 bits per heavy atom. The summed E-state index contributed by atoms with van der Waals surface area (Å²) in [5.41, 5.74) is 0. The van der Waals surface area contributed by atoms with Crippen LogP contribution in [0.4, 0.5) is 62.0 Å². The minimum atomic E-state index is -10.7. The van der Waals surface area contributed by atoms with E-state index >= 15 is 0 Å². The fourth-order valence-electron chi connectivity index (χ4n) is 0. The van der Waals surface area contributed by atoms with Gasteiger partial charge in [-0.05, 0) is 0 Å². The molecule has 0 radical (unpaired) electrons. The molecule has 0 bridgehead atoms. The number of rotatable bonds is 0. The molecule has 4 nitrogen and oxygen atoms in total. The van der Waals surface area contributed by atoms with Crippen LogP contribution in [-0.2, 0) is 0 Å². The van der Waals surface area contributed by atoms with Crippen molar-refractivity contribution in [3.63, 3.8) is 0 Å². The summed E-state index contributed by atoms with van der Waals surface area (Å²) in [5.74, 6) is 0. The van der Waals surface area contributed by atoms with Crippen LogP contribution in [0.25, 0.3) is 0 Å². The van der Waals surface area contributed by atoms with Crippen LogP contribution in [0.5, 0.6) is 0 Å². The van der Waals surface area contributed by atoms with Gasteiger partial charge in [-0.1, -0.05) is 0 Å². The summed E-state index contributed by atoms with van der Waals surface area (Å²) in [6.45, 7) is 0. The molecule has 0 rings (SSSR count). The first kappa shape index (κ1) is 43.6. The van der Waals surface area contributed by atoms with Gasteiger partial charge in [0.2, 0.25) is 0 Å². The van der Waals surface area contributed by atoms with Crippen LogP contribution in [-0.4, -0.2) is 88.6 Å². The van der Waals surface area contributed by atoms with Crippen LogP contribution in [0.15, 0.2) is 0 Å². The van der Waals surface area contributed by atoms with Crippen molar-refractivity contribution in [2.75, 3.05) is 0 Å². The van der Waals surface area contributed by atoms with Gasteiger partial charge in [-0.25, -0.2) is 0 Å². The molecule has 0 atom stereocenters. The van der Waals surface area contributed by atoms with Crippen molar-refractivity contribution in [3.8, 4) is 0 Å². The van der Waals surface area contributed by atoms with Gasteiger partial charge in [0.1, 0.15) is 0 Å². The fraction of sp³-hybridized carbons (Fsp3) is 0. The molecule has 0 saturated carbocycles. The average Bonchev–Trinajstić information content (AvgIpc) is 1.71. The van der Waals surface area contributed by atoms with Gasteiger partial charge in [-0.2, -0.15) is 0 Å². The predicted molar refractivity (Wildman–Crippen MR) is 56.3 cm³/mol. The maximum absolute atomic E-state index is 10.7. The molecule has 0 aromatic carbocycles. The predicted octanol–water partition coefficient (Wildman–Crippen LogP) is 5.49. The fourth-order valence-corrected chi connectivity index (χ4v) is 0. The molecule has 0 saturated heterocycles. The second-order valence-corrected chi connectivity index (χ2v) is 25.6. The van der Waals surface area contributed by atoms with Crippen molar-refractivity contribution in [3.05, 3.63) is 0 Å². The Morgan fingerprint density at radius 3 is 0.290 bits per heavy atom. The van der Waals surface area contributed by atoms with Gasteiger partial charge in [-0.3, -0.25) is 0 Å². The summed E-state index contributed by atoms with van der Waals surface area (Å²) < 4.78 is 248. The van der Waals surface area contributed by atoms with Crippen molar-refractivity contribution >= 4 is 74.8 Å². The third-order valence-corrected chi connectivity index (χ3v) is 0. The van der Waals surface area contributed by atoms with Crippen molar-refractivity contribution in [2.24, 2.45) is 0 Å². The number of hydrogen-bond acceptors (Lipinski definition) is 4. The molecular weight excluding hydrogens is 1230 g/mol. The standard InChI is InChI=1S/4F5HOTe.2FH.U/c4*1-7(2,3,4,5)6;;;/h4*6H;2*1H;/q;;;;;;+2/p-2. The monoisotopic (exact) mass is 1240 g/mol. The van der Waals surface area contributed by atoms with Crippen molar-refractivity contribution in [1.29, 1.82) is 0 Å². The molecule has 31 heteroatoms. The van der Waals surface area contributed by atoms with Crippen LogP contribution in [0.3, 0.4) is 0 Å². The van der Waals surface area contributed by atoms with Gasteiger partial charge in [0.25, 0.3) is 0 Å². The van der Waals surface area contributed by atoms with E-state index in [4.69, 9.17) is 13.9 Å². The molecule has 0 fully saturated rings. The Bertz CT molecular complexity index is 409. The normalized spacial score (nSPS) is 21.2. The maximum atomic E-state index is 10.1. The molecule has 0 unspecified atom stereocenters. The summed E-state index contributed by atoms with van der Waals surface area (Å²) in [7, 11) is 0. The molecule has 0 aliphatic rings. The molecule has 0 aromatic rings. The third kappa shape index (κ3) is 4800. The number of halogens is 22. The summed E-state index contributed by atoms with van der Waals surface area (Å²) in [5, 5.41) is 0. The first-order valence-electron chi connectivity index (χ1n) is 4.19.